The molecule has 0 radical (unpaired) electrons. The van der Waals surface area contributed by atoms with Crippen LogP contribution in [0.25, 0.3) is 11.1 Å². The van der Waals surface area contributed by atoms with Gasteiger partial charge in [-0.15, -0.1) is 0 Å². The number of anilines is 2. The maximum absolute atomic E-state index is 13.1. The maximum Gasteiger partial charge on any atom is 0.419 e. The fourth-order valence-electron chi connectivity index (χ4n) is 4.08. The predicted octanol–water partition coefficient (Wildman–Crippen LogP) is 3.28. The molecule has 5 rings (SSSR count). The third-order valence-corrected chi connectivity index (χ3v) is 5.76. The Morgan fingerprint density at radius 3 is 2.56 bits per heavy atom. The molecule has 1 aromatic carbocycles. The second-order valence-electron chi connectivity index (χ2n) is 8.00. The highest BCUT2D eigenvalue weighted by Gasteiger charge is 2.35. The zero-order valence-electron chi connectivity index (χ0n) is 17.8. The molecule has 2 amide bonds. The van der Waals surface area contributed by atoms with E-state index in [-0.39, 0.29) is 18.0 Å². The predicted molar refractivity (Wildman–Crippen MR) is 118 cm³/mol. The summed E-state index contributed by atoms with van der Waals surface area (Å²) in [4.78, 5) is 32.7. The van der Waals surface area contributed by atoms with Crippen LogP contribution in [0, 0.1) is 0 Å². The Labute approximate surface area is 185 Å². The number of hydrogen-bond donors (Lipinski definition) is 0. The highest BCUT2D eigenvalue weighted by molar-refractivity contribution is 6.03. The number of rotatable bonds is 3. The molecule has 3 aromatic rings. The minimum Gasteiger partial charge on any atom is -0.410 e. The van der Waals surface area contributed by atoms with Crippen molar-refractivity contribution in [2.24, 2.45) is 0 Å². The number of carbonyl (C=O) groups is 2. The van der Waals surface area contributed by atoms with E-state index in [1.54, 1.807) is 40.5 Å². The van der Waals surface area contributed by atoms with E-state index >= 15 is 0 Å². The van der Waals surface area contributed by atoms with Gasteiger partial charge in [-0.1, -0.05) is 6.07 Å². The van der Waals surface area contributed by atoms with Crippen molar-refractivity contribution in [3.05, 3.63) is 55.1 Å². The minimum absolute atomic E-state index is 0.0774. The number of amides is 2. The molecule has 2 aliphatic rings. The highest BCUT2D eigenvalue weighted by atomic mass is 16.6. The summed E-state index contributed by atoms with van der Waals surface area (Å²) >= 11 is 0. The fraction of sp³-hybridized carbons (Fsp3) is 0.304. The van der Waals surface area contributed by atoms with Gasteiger partial charge >= 0.3 is 6.09 Å². The van der Waals surface area contributed by atoms with Crippen LogP contribution in [-0.4, -0.2) is 52.6 Å². The molecule has 0 aliphatic carbocycles. The highest BCUT2D eigenvalue weighted by Crippen LogP contribution is 2.39. The largest absolute Gasteiger partial charge is 0.419 e. The molecule has 0 saturated carbocycles. The van der Waals surface area contributed by atoms with Crippen molar-refractivity contribution in [1.82, 2.24) is 14.8 Å². The van der Waals surface area contributed by atoms with Crippen molar-refractivity contribution in [1.29, 1.82) is 0 Å². The summed E-state index contributed by atoms with van der Waals surface area (Å²) in [6, 6.07) is 9.03. The lowest BCUT2D eigenvalue weighted by Crippen LogP contribution is -2.52. The van der Waals surface area contributed by atoms with Crippen molar-refractivity contribution in [3.63, 3.8) is 0 Å². The van der Waals surface area contributed by atoms with Gasteiger partial charge in [-0.05, 0) is 36.8 Å². The number of benzene rings is 1. The third kappa shape index (κ3) is 3.60. The zero-order chi connectivity index (χ0) is 22.2. The average Bonchev–Trinajstić information content (AvgIpc) is 3.21. The Hall–Kier alpha value is -3.72. The van der Waals surface area contributed by atoms with E-state index in [2.05, 4.69) is 10.1 Å². The van der Waals surface area contributed by atoms with Crippen LogP contribution in [0.2, 0.25) is 0 Å². The molecule has 0 N–H and O–H groups in total. The van der Waals surface area contributed by atoms with Crippen molar-refractivity contribution < 1.29 is 19.1 Å². The topological polar surface area (TPSA) is 89.8 Å². The summed E-state index contributed by atoms with van der Waals surface area (Å²) in [6.45, 7) is 5.08. The van der Waals surface area contributed by atoms with E-state index in [9.17, 15) is 9.59 Å². The Kier molecular flexibility index (Phi) is 5.10. The molecule has 164 valence electrons. The van der Waals surface area contributed by atoms with E-state index in [0.29, 0.717) is 36.9 Å². The van der Waals surface area contributed by atoms with Crippen LogP contribution < -0.4 is 14.5 Å². The van der Waals surface area contributed by atoms with Crippen LogP contribution in [0.4, 0.5) is 16.2 Å². The maximum atomic E-state index is 13.1. The molecule has 1 fully saturated rings. The Bertz CT molecular complexity index is 1160. The quantitative estimate of drug-likeness (QED) is 0.630. The summed E-state index contributed by atoms with van der Waals surface area (Å²) in [7, 11) is 0. The van der Waals surface area contributed by atoms with Crippen LogP contribution in [0.1, 0.15) is 19.9 Å². The van der Waals surface area contributed by atoms with Gasteiger partial charge in [0.2, 0.25) is 5.91 Å². The Morgan fingerprint density at radius 2 is 1.88 bits per heavy atom. The first-order valence-corrected chi connectivity index (χ1v) is 10.5. The number of aromatic nitrogens is 3. The summed E-state index contributed by atoms with van der Waals surface area (Å²) < 4.78 is 12.7. The van der Waals surface area contributed by atoms with E-state index < -0.39 is 6.09 Å². The van der Waals surface area contributed by atoms with Gasteiger partial charge in [-0.25, -0.2) is 4.79 Å². The zero-order valence-corrected chi connectivity index (χ0v) is 17.8. The number of fused-ring (bicyclic) bond motifs is 1. The minimum atomic E-state index is -0.507. The van der Waals surface area contributed by atoms with Gasteiger partial charge in [0.25, 0.3) is 0 Å². The standard InChI is InChI=1S/C23H23N5O4/c1-15-11-26(23(30)32-20-5-7-24-8-6-20)22-9-17(3-4-21(22)28(15)16(2)29)18-10-25-27(12-18)19-13-31-14-19/h3-10,12,15,19H,11,13-14H2,1-2H3/t15-/m0/s1. The smallest absolute Gasteiger partial charge is 0.410 e. The molecule has 9 heteroatoms. The van der Waals surface area contributed by atoms with Crippen LogP contribution in [0.3, 0.4) is 0 Å². The number of nitrogens with zero attached hydrogens (tertiary/aromatic N) is 5. The van der Waals surface area contributed by atoms with Gasteiger partial charge in [0, 0.05) is 37.6 Å². The van der Waals surface area contributed by atoms with Crippen LogP contribution >= 0.6 is 0 Å². The van der Waals surface area contributed by atoms with Crippen LogP contribution in [0.5, 0.6) is 5.75 Å². The monoisotopic (exact) mass is 433 g/mol. The third-order valence-electron chi connectivity index (χ3n) is 5.76. The summed E-state index contributed by atoms with van der Waals surface area (Å²) in [5.74, 6) is 0.333. The molecule has 2 aromatic heterocycles. The SMILES string of the molecule is CC(=O)N1c2ccc(-c3cnn(C4COC4)c3)cc2N(C(=O)Oc2ccncc2)C[C@@H]1C. The van der Waals surface area contributed by atoms with Crippen molar-refractivity contribution in [3.8, 4) is 16.9 Å². The summed E-state index contributed by atoms with van der Waals surface area (Å²) in [5.41, 5.74) is 3.12. The molecule has 0 spiro atoms. The molecule has 0 bridgehead atoms. The Morgan fingerprint density at radius 1 is 1.09 bits per heavy atom. The first-order chi connectivity index (χ1) is 15.5. The molecule has 9 nitrogen and oxygen atoms in total. The van der Waals surface area contributed by atoms with E-state index in [4.69, 9.17) is 9.47 Å². The number of pyridine rings is 1. The van der Waals surface area contributed by atoms with Crippen molar-refractivity contribution in [2.45, 2.75) is 25.9 Å². The second-order valence-corrected chi connectivity index (χ2v) is 8.00. The molecular formula is C23H23N5O4. The van der Waals surface area contributed by atoms with E-state index in [1.807, 2.05) is 36.0 Å². The van der Waals surface area contributed by atoms with Crippen molar-refractivity contribution in [2.75, 3.05) is 29.6 Å². The number of ether oxygens (including phenoxy) is 2. The van der Waals surface area contributed by atoms with Gasteiger partial charge in [0.1, 0.15) is 5.75 Å². The van der Waals surface area contributed by atoms with Crippen molar-refractivity contribution >= 4 is 23.4 Å². The van der Waals surface area contributed by atoms with Gasteiger partial charge in [-0.2, -0.15) is 5.10 Å². The van der Waals surface area contributed by atoms with Gasteiger partial charge in [-0.3, -0.25) is 19.4 Å². The lowest BCUT2D eigenvalue weighted by molar-refractivity contribution is -0.117. The second kappa shape index (κ2) is 8.08. The van der Waals surface area contributed by atoms with Crippen LogP contribution in [-0.2, 0) is 9.53 Å². The molecule has 1 atom stereocenters. The molecule has 1 saturated heterocycles. The lowest BCUT2D eigenvalue weighted by atomic mass is 10.0. The molecule has 0 unspecified atom stereocenters. The van der Waals surface area contributed by atoms with E-state index in [1.165, 1.54) is 6.92 Å². The summed E-state index contributed by atoms with van der Waals surface area (Å²) in [6.07, 6.45) is 6.40. The number of carbonyl (C=O) groups excluding carboxylic acids is 2. The van der Waals surface area contributed by atoms with Crippen LogP contribution in [0.15, 0.2) is 55.1 Å². The average molecular weight is 433 g/mol. The fourth-order valence-corrected chi connectivity index (χ4v) is 4.08. The molecular weight excluding hydrogens is 410 g/mol. The Balaban J connectivity index is 1.51. The molecule has 32 heavy (non-hydrogen) atoms. The first kappa shape index (κ1) is 20.2. The molecule has 2 aliphatic heterocycles. The van der Waals surface area contributed by atoms with Gasteiger partial charge < -0.3 is 14.4 Å². The number of hydrogen-bond acceptors (Lipinski definition) is 6. The first-order valence-electron chi connectivity index (χ1n) is 10.5. The van der Waals surface area contributed by atoms with Gasteiger partial charge in [0.15, 0.2) is 0 Å². The van der Waals surface area contributed by atoms with E-state index in [0.717, 1.165) is 11.1 Å². The normalized spacial score (nSPS) is 18.1. The van der Waals surface area contributed by atoms with Gasteiger partial charge in [0.05, 0.1) is 42.9 Å². The summed E-state index contributed by atoms with van der Waals surface area (Å²) in [5, 5.41) is 4.45. The molecule has 4 heterocycles. The lowest BCUT2D eigenvalue weighted by Gasteiger charge is -2.40.